The molecule has 0 aromatic heterocycles. The zero-order chi connectivity index (χ0) is 31.2. The van der Waals surface area contributed by atoms with Gasteiger partial charge in [0.1, 0.15) is 17.5 Å². The zero-order valence-corrected chi connectivity index (χ0v) is 26.3. The fraction of sp³-hybridized carbons (Fsp3) is 0.394. The molecule has 0 aliphatic heterocycles. The number of benzene rings is 3. The minimum Gasteiger partial charge on any atom is -0.497 e. The molecular weight excluding hydrogens is 566 g/mol. The Morgan fingerprint density at radius 1 is 0.930 bits per heavy atom. The zero-order valence-electron chi connectivity index (χ0n) is 25.5. The van der Waals surface area contributed by atoms with Gasteiger partial charge < -0.3 is 19.7 Å². The molecule has 3 aromatic carbocycles. The first-order valence-corrected chi connectivity index (χ1v) is 16.5. The number of hydrogen-bond acceptors (Lipinski definition) is 6. The Hall–Kier alpha value is -4.05. The highest BCUT2D eigenvalue weighted by Gasteiger charge is 2.30. The van der Waals surface area contributed by atoms with Gasteiger partial charge in [0.25, 0.3) is 0 Å². The largest absolute Gasteiger partial charge is 0.497 e. The summed E-state index contributed by atoms with van der Waals surface area (Å²) in [6.45, 7) is 4.95. The number of rotatable bonds is 17. The summed E-state index contributed by atoms with van der Waals surface area (Å²) in [6, 6.07) is 23.2. The van der Waals surface area contributed by atoms with Crippen LogP contribution in [0.3, 0.4) is 0 Å². The third-order valence-electron chi connectivity index (χ3n) is 6.89. The first kappa shape index (κ1) is 33.5. The Kier molecular flexibility index (Phi) is 12.9. The molecule has 0 saturated heterocycles. The molecule has 0 radical (unpaired) electrons. The van der Waals surface area contributed by atoms with Crippen LogP contribution in [0.15, 0.2) is 78.9 Å². The number of nitrogens with one attached hydrogen (secondary N) is 1. The fourth-order valence-electron chi connectivity index (χ4n) is 4.81. The lowest BCUT2D eigenvalue weighted by Crippen LogP contribution is -2.50. The predicted molar refractivity (Wildman–Crippen MR) is 170 cm³/mol. The van der Waals surface area contributed by atoms with Crippen molar-refractivity contribution in [3.63, 3.8) is 0 Å². The molecular formula is C33H43N3O6S. The van der Waals surface area contributed by atoms with E-state index in [1.165, 1.54) is 4.31 Å². The molecule has 0 unspecified atom stereocenters. The second-order valence-corrected chi connectivity index (χ2v) is 12.1. The molecule has 3 rings (SSSR count). The number of carbonyl (C=O) groups excluding carboxylic acids is 2. The Bertz CT molecular complexity index is 1430. The number of carbonyl (C=O) groups is 2. The number of ether oxygens (including phenoxy) is 2. The van der Waals surface area contributed by atoms with E-state index in [-0.39, 0.29) is 37.7 Å². The van der Waals surface area contributed by atoms with E-state index in [9.17, 15) is 18.0 Å². The number of methoxy groups -OCH3 is 1. The number of hydrogen-bond donors (Lipinski definition) is 1. The summed E-state index contributed by atoms with van der Waals surface area (Å²) in [5.74, 6) is 0.626. The van der Waals surface area contributed by atoms with Gasteiger partial charge >= 0.3 is 0 Å². The number of nitrogens with zero attached hydrogens (tertiary/aromatic N) is 2. The molecule has 0 aliphatic rings. The Labute approximate surface area is 255 Å². The van der Waals surface area contributed by atoms with Crippen molar-refractivity contribution < 1.29 is 27.5 Å². The van der Waals surface area contributed by atoms with Crippen LogP contribution in [-0.2, 0) is 32.6 Å². The lowest BCUT2D eigenvalue weighted by molar-refractivity contribution is -0.141. The van der Waals surface area contributed by atoms with Gasteiger partial charge in [0.15, 0.2) is 0 Å². The van der Waals surface area contributed by atoms with Gasteiger partial charge in [-0.3, -0.25) is 13.9 Å². The lowest BCUT2D eigenvalue weighted by Gasteiger charge is -2.32. The van der Waals surface area contributed by atoms with Crippen molar-refractivity contribution in [2.45, 2.75) is 52.1 Å². The van der Waals surface area contributed by atoms with E-state index in [1.54, 1.807) is 36.3 Å². The van der Waals surface area contributed by atoms with Crippen molar-refractivity contribution >= 4 is 27.5 Å². The van der Waals surface area contributed by atoms with E-state index in [0.717, 1.165) is 23.8 Å². The number of amides is 2. The van der Waals surface area contributed by atoms with Crippen LogP contribution in [0.2, 0.25) is 0 Å². The van der Waals surface area contributed by atoms with Gasteiger partial charge in [-0.25, -0.2) is 8.42 Å². The maximum Gasteiger partial charge on any atom is 0.243 e. The molecule has 2 amide bonds. The van der Waals surface area contributed by atoms with Gasteiger partial charge in [0, 0.05) is 32.5 Å². The van der Waals surface area contributed by atoms with Crippen molar-refractivity contribution in [1.82, 2.24) is 10.2 Å². The van der Waals surface area contributed by atoms with Crippen molar-refractivity contribution in [3.8, 4) is 11.5 Å². The maximum absolute atomic E-state index is 14.0. The first-order chi connectivity index (χ1) is 20.7. The van der Waals surface area contributed by atoms with Crippen molar-refractivity contribution in [1.29, 1.82) is 0 Å². The van der Waals surface area contributed by atoms with Crippen LogP contribution in [0.4, 0.5) is 5.69 Å². The highest BCUT2D eigenvalue weighted by Crippen LogP contribution is 2.30. The van der Waals surface area contributed by atoms with Crippen LogP contribution in [0.5, 0.6) is 11.5 Å². The molecule has 0 heterocycles. The molecule has 0 fully saturated rings. The summed E-state index contributed by atoms with van der Waals surface area (Å²) in [5.41, 5.74) is 2.17. The summed E-state index contributed by atoms with van der Waals surface area (Å²) >= 11 is 0. The molecule has 1 N–H and O–H groups in total. The molecule has 9 nitrogen and oxygen atoms in total. The summed E-state index contributed by atoms with van der Waals surface area (Å²) in [5, 5.41) is 2.97. The predicted octanol–water partition coefficient (Wildman–Crippen LogP) is 4.81. The van der Waals surface area contributed by atoms with E-state index >= 15 is 0 Å². The van der Waals surface area contributed by atoms with E-state index in [2.05, 4.69) is 5.32 Å². The van der Waals surface area contributed by atoms with Crippen LogP contribution in [0.25, 0.3) is 0 Å². The van der Waals surface area contributed by atoms with Crippen molar-refractivity contribution in [2.24, 2.45) is 0 Å². The van der Waals surface area contributed by atoms with E-state index < -0.39 is 16.1 Å². The summed E-state index contributed by atoms with van der Waals surface area (Å²) < 4.78 is 38.0. The van der Waals surface area contributed by atoms with Gasteiger partial charge in [-0.2, -0.15) is 0 Å². The van der Waals surface area contributed by atoms with Crippen LogP contribution in [0, 0.1) is 0 Å². The van der Waals surface area contributed by atoms with Crippen LogP contribution < -0.4 is 19.1 Å². The van der Waals surface area contributed by atoms with Gasteiger partial charge in [0.05, 0.1) is 25.7 Å². The highest BCUT2D eigenvalue weighted by atomic mass is 32.2. The topological polar surface area (TPSA) is 105 Å². The van der Waals surface area contributed by atoms with Gasteiger partial charge in [-0.05, 0) is 55.2 Å². The van der Waals surface area contributed by atoms with E-state index in [1.807, 2.05) is 68.4 Å². The normalized spacial score (nSPS) is 11.8. The second kappa shape index (κ2) is 16.6. The van der Waals surface area contributed by atoms with E-state index in [4.69, 9.17) is 9.47 Å². The van der Waals surface area contributed by atoms with Crippen LogP contribution >= 0.6 is 0 Å². The molecule has 43 heavy (non-hydrogen) atoms. The van der Waals surface area contributed by atoms with Crippen molar-refractivity contribution in [2.75, 3.05) is 37.4 Å². The average molecular weight is 610 g/mol. The van der Waals surface area contributed by atoms with Gasteiger partial charge in [-0.15, -0.1) is 0 Å². The average Bonchev–Trinajstić information content (AvgIpc) is 3.00. The molecule has 0 saturated carbocycles. The SMILES string of the molecule is CCCNC(=O)[C@H](Cc1ccccc1)N(Cc1cccc(OC)c1)C(=O)CCCN(c1ccccc1OCC)S(C)(=O)=O. The molecule has 232 valence electrons. The molecule has 0 bridgehead atoms. The first-order valence-electron chi connectivity index (χ1n) is 14.6. The van der Waals surface area contributed by atoms with Crippen LogP contribution in [0.1, 0.15) is 44.2 Å². The third-order valence-corrected chi connectivity index (χ3v) is 8.07. The summed E-state index contributed by atoms with van der Waals surface area (Å²) in [4.78, 5) is 29.1. The van der Waals surface area contributed by atoms with Gasteiger partial charge in [0.2, 0.25) is 21.8 Å². The molecule has 10 heteroatoms. The maximum atomic E-state index is 14.0. The Morgan fingerprint density at radius 3 is 2.30 bits per heavy atom. The molecule has 0 aliphatic carbocycles. The van der Waals surface area contributed by atoms with Crippen LogP contribution in [-0.4, -0.2) is 64.2 Å². The quantitative estimate of drug-likeness (QED) is 0.236. The molecule has 0 spiro atoms. The second-order valence-electron chi connectivity index (χ2n) is 10.2. The molecule has 1 atom stereocenters. The van der Waals surface area contributed by atoms with Crippen molar-refractivity contribution in [3.05, 3.63) is 90.0 Å². The van der Waals surface area contributed by atoms with Gasteiger partial charge in [-0.1, -0.05) is 61.5 Å². The number of anilines is 1. The Morgan fingerprint density at radius 2 is 1.63 bits per heavy atom. The monoisotopic (exact) mass is 609 g/mol. The lowest BCUT2D eigenvalue weighted by atomic mass is 10.0. The standard InChI is InChI=1S/C33H43N3O6S/c1-5-21-34-33(38)30(24-26-14-8-7-9-15-26)35(25-27-16-12-17-28(23-27)41-3)32(37)20-13-22-36(43(4,39)40)29-18-10-11-19-31(29)42-6-2/h7-12,14-19,23,30H,5-6,13,20-22,24-25H2,1-4H3,(H,34,38)/t30-/m0/s1. The minimum atomic E-state index is -3.66. The molecule has 3 aromatic rings. The summed E-state index contributed by atoms with van der Waals surface area (Å²) in [7, 11) is -2.08. The highest BCUT2D eigenvalue weighted by molar-refractivity contribution is 7.92. The smallest absolute Gasteiger partial charge is 0.243 e. The fourth-order valence-corrected chi connectivity index (χ4v) is 5.78. The number of sulfonamides is 1. The minimum absolute atomic E-state index is 0.0408. The summed E-state index contributed by atoms with van der Waals surface area (Å²) in [6.07, 6.45) is 2.52. The Balaban J connectivity index is 1.90. The van der Waals surface area contributed by atoms with E-state index in [0.29, 0.717) is 36.8 Å². The number of para-hydroxylation sites is 2. The third kappa shape index (κ3) is 10.0.